The normalized spacial score (nSPS) is 17.1. The molecule has 3 aromatic rings. The van der Waals surface area contributed by atoms with Crippen molar-refractivity contribution < 1.29 is 41.9 Å². The Morgan fingerprint density at radius 3 is 2.36 bits per heavy atom. The minimum Gasteiger partial charge on any atom is -0.489 e. The predicted octanol–water partition coefficient (Wildman–Crippen LogP) is 4.25. The molecule has 0 unspecified atom stereocenters. The van der Waals surface area contributed by atoms with Crippen molar-refractivity contribution in [1.29, 1.82) is 0 Å². The first-order chi connectivity index (χ1) is 20.6. The smallest absolute Gasteiger partial charge is 0.489 e. The number of carbonyl (C=O) groups excluding carboxylic acids is 4. The quantitative estimate of drug-likeness (QED) is 0.398. The van der Waals surface area contributed by atoms with Gasteiger partial charge in [0, 0.05) is 46.8 Å². The number of aryl methyl sites for hydroxylation is 1. The Hall–Kier alpha value is -4.68. The molecule has 10 nitrogen and oxygen atoms in total. The van der Waals surface area contributed by atoms with E-state index in [0.717, 1.165) is 22.2 Å². The van der Waals surface area contributed by atoms with Crippen molar-refractivity contribution in [2.75, 3.05) is 13.1 Å². The van der Waals surface area contributed by atoms with Crippen LogP contribution >= 0.6 is 0 Å². The molecule has 1 aliphatic rings. The number of aromatic nitrogens is 1. The van der Waals surface area contributed by atoms with Gasteiger partial charge in [-0.1, -0.05) is 39.0 Å². The molecule has 1 fully saturated rings. The van der Waals surface area contributed by atoms with E-state index in [4.69, 9.17) is 4.74 Å². The zero-order valence-corrected chi connectivity index (χ0v) is 24.7. The highest BCUT2D eigenvalue weighted by Crippen LogP contribution is 2.26. The van der Waals surface area contributed by atoms with E-state index in [0.29, 0.717) is 5.75 Å². The Morgan fingerprint density at radius 1 is 1.02 bits per heavy atom. The maximum absolute atomic E-state index is 13.1. The summed E-state index contributed by atoms with van der Waals surface area (Å²) in [6.07, 6.45) is -5.18. The van der Waals surface area contributed by atoms with Gasteiger partial charge in [0.25, 0.3) is 11.8 Å². The fraction of sp³-hybridized carbons (Fsp3) is 0.387. The first kappa shape index (κ1) is 32.2. The third kappa shape index (κ3) is 7.82. The molecule has 2 N–H and O–H groups in total. The molecule has 2 aromatic carbocycles. The number of halogens is 3. The highest BCUT2D eigenvalue weighted by molar-refractivity contribution is 5.95. The molecule has 0 radical (unpaired) electrons. The number of benzene rings is 2. The second kappa shape index (κ2) is 12.9. The molecule has 0 spiro atoms. The fourth-order valence-corrected chi connectivity index (χ4v) is 4.91. The lowest BCUT2D eigenvalue weighted by Crippen LogP contribution is -2.58. The lowest BCUT2D eigenvalue weighted by Gasteiger charge is -2.40. The Kier molecular flexibility index (Phi) is 9.45. The van der Waals surface area contributed by atoms with Crippen LogP contribution in [0.1, 0.15) is 48.8 Å². The lowest BCUT2D eigenvalue weighted by atomic mass is 9.88. The van der Waals surface area contributed by atoms with Crippen LogP contribution in [-0.4, -0.2) is 58.9 Å². The molecule has 4 rings (SSSR count). The van der Waals surface area contributed by atoms with E-state index in [9.17, 15) is 32.3 Å². The Bertz CT molecular complexity index is 1550. The molecule has 0 bridgehead atoms. The third-order valence-electron chi connectivity index (χ3n) is 7.11. The van der Waals surface area contributed by atoms with Gasteiger partial charge in [0.15, 0.2) is 0 Å². The van der Waals surface area contributed by atoms with Crippen LogP contribution in [0.4, 0.5) is 13.2 Å². The number of likely N-dealkylation sites (tertiary alicyclic amines) is 1. The van der Waals surface area contributed by atoms with Crippen LogP contribution in [0.25, 0.3) is 10.9 Å². The van der Waals surface area contributed by atoms with E-state index in [-0.39, 0.29) is 37.6 Å². The van der Waals surface area contributed by atoms with Crippen molar-refractivity contribution in [3.05, 3.63) is 71.4 Å². The van der Waals surface area contributed by atoms with Gasteiger partial charge in [-0.25, -0.2) is 4.79 Å². The van der Waals surface area contributed by atoms with E-state index in [1.165, 1.54) is 10.4 Å². The fourth-order valence-electron chi connectivity index (χ4n) is 4.91. The van der Waals surface area contributed by atoms with Gasteiger partial charge in [0.05, 0.1) is 11.4 Å². The highest BCUT2D eigenvalue weighted by Gasteiger charge is 2.44. The third-order valence-corrected chi connectivity index (χ3v) is 7.11. The summed E-state index contributed by atoms with van der Waals surface area (Å²) in [5.74, 6) is -5.18. The molecule has 2 atom stereocenters. The molecule has 1 aromatic heterocycles. The number of nitrogens with zero attached hydrogens (tertiary/aromatic N) is 2. The standard InChI is InChI=1S/C31H33F3N4O6/c1-18-15-20(22-7-5-6-8-24(22)35-18)17-43-21-11-9-19(10-12-21)26(39)36-25-13-14-38(28(41)30(2,3)4)16-23(25)27(40)37-44-29(42)31(32,33)34/h5-12,15,23,25H,13-14,16-17H2,1-4H3,(H,36,39)(H,37,40)/t23-,25+/m0/s1. The summed E-state index contributed by atoms with van der Waals surface area (Å²) in [6, 6.07) is 15.1. The maximum atomic E-state index is 13.1. The number of pyridine rings is 1. The van der Waals surface area contributed by atoms with Crippen molar-refractivity contribution in [3.63, 3.8) is 0 Å². The van der Waals surface area contributed by atoms with Crippen LogP contribution in [0.5, 0.6) is 5.75 Å². The van der Waals surface area contributed by atoms with Crippen LogP contribution in [0.2, 0.25) is 0 Å². The molecule has 1 aliphatic heterocycles. The van der Waals surface area contributed by atoms with Gasteiger partial charge >= 0.3 is 12.1 Å². The van der Waals surface area contributed by atoms with Crippen LogP contribution in [0.15, 0.2) is 54.6 Å². The van der Waals surface area contributed by atoms with Gasteiger partial charge in [-0.3, -0.25) is 19.4 Å². The number of para-hydroxylation sites is 1. The van der Waals surface area contributed by atoms with Crippen molar-refractivity contribution in [2.45, 2.75) is 52.9 Å². The average Bonchev–Trinajstić information content (AvgIpc) is 2.97. The van der Waals surface area contributed by atoms with Gasteiger partial charge in [-0.05, 0) is 49.7 Å². The summed E-state index contributed by atoms with van der Waals surface area (Å²) in [4.78, 5) is 59.8. The second-order valence-electron chi connectivity index (χ2n) is 11.6. The molecule has 44 heavy (non-hydrogen) atoms. The number of carbonyl (C=O) groups is 4. The molecule has 0 saturated carbocycles. The van der Waals surface area contributed by atoms with E-state index < -0.39 is 41.3 Å². The summed E-state index contributed by atoms with van der Waals surface area (Å²) in [6.45, 7) is 7.25. The van der Waals surface area contributed by atoms with Crippen molar-refractivity contribution in [2.24, 2.45) is 11.3 Å². The first-order valence-corrected chi connectivity index (χ1v) is 13.9. The van der Waals surface area contributed by atoms with E-state index in [1.54, 1.807) is 45.0 Å². The van der Waals surface area contributed by atoms with E-state index in [2.05, 4.69) is 15.1 Å². The largest absolute Gasteiger partial charge is 0.493 e. The van der Waals surface area contributed by atoms with E-state index in [1.807, 2.05) is 37.3 Å². The minimum atomic E-state index is -5.32. The summed E-state index contributed by atoms with van der Waals surface area (Å²) in [5.41, 5.74) is 3.66. The monoisotopic (exact) mass is 614 g/mol. The highest BCUT2D eigenvalue weighted by atomic mass is 19.4. The number of nitrogens with one attached hydrogen (secondary N) is 2. The minimum absolute atomic E-state index is 0.138. The zero-order valence-electron chi connectivity index (χ0n) is 24.7. The molecule has 234 valence electrons. The predicted molar refractivity (Wildman–Crippen MR) is 153 cm³/mol. The summed E-state index contributed by atoms with van der Waals surface area (Å²) >= 11 is 0. The van der Waals surface area contributed by atoms with Crippen molar-refractivity contribution in [1.82, 2.24) is 20.7 Å². The average molecular weight is 615 g/mol. The number of hydrogen-bond acceptors (Lipinski definition) is 7. The van der Waals surface area contributed by atoms with Crippen LogP contribution in [0.3, 0.4) is 0 Å². The number of fused-ring (bicyclic) bond motifs is 1. The Balaban J connectivity index is 1.43. The van der Waals surface area contributed by atoms with E-state index >= 15 is 0 Å². The summed E-state index contributed by atoms with van der Waals surface area (Å²) in [7, 11) is 0. The molecule has 1 saturated heterocycles. The van der Waals surface area contributed by atoms with Gasteiger partial charge in [-0.2, -0.15) is 18.7 Å². The molecule has 3 amide bonds. The molecule has 13 heteroatoms. The van der Waals surface area contributed by atoms with Gasteiger partial charge in [0.2, 0.25) is 5.91 Å². The van der Waals surface area contributed by atoms with Gasteiger partial charge < -0.3 is 19.8 Å². The zero-order chi connectivity index (χ0) is 32.2. The molecule has 0 aliphatic carbocycles. The van der Waals surface area contributed by atoms with Crippen LogP contribution < -0.4 is 15.5 Å². The second-order valence-corrected chi connectivity index (χ2v) is 11.6. The summed E-state index contributed by atoms with van der Waals surface area (Å²) < 4.78 is 43.7. The maximum Gasteiger partial charge on any atom is 0.493 e. The van der Waals surface area contributed by atoms with Gasteiger partial charge in [-0.15, -0.1) is 0 Å². The summed E-state index contributed by atoms with van der Waals surface area (Å²) in [5, 5.41) is 3.71. The number of hydrogen-bond donors (Lipinski definition) is 2. The molecular weight excluding hydrogens is 581 g/mol. The van der Waals surface area contributed by atoms with Crippen molar-refractivity contribution in [3.8, 4) is 5.75 Å². The van der Waals surface area contributed by atoms with Crippen LogP contribution in [-0.2, 0) is 25.8 Å². The number of alkyl halides is 3. The van der Waals surface area contributed by atoms with Gasteiger partial charge in [0.1, 0.15) is 12.4 Å². The number of hydroxylamine groups is 1. The SMILES string of the molecule is Cc1cc(COc2ccc(C(=O)N[C@@H]3CCN(C(=O)C(C)(C)C)C[C@@H]3C(=O)NOC(=O)C(F)(F)F)cc2)c2ccccc2n1. The number of ether oxygens (including phenoxy) is 1. The number of rotatable bonds is 6. The topological polar surface area (TPSA) is 127 Å². The number of amides is 3. The lowest BCUT2D eigenvalue weighted by molar-refractivity contribution is -0.208. The molecule has 2 heterocycles. The Labute approximate surface area is 251 Å². The number of piperidine rings is 1. The molecular formula is C31H33F3N4O6. The van der Waals surface area contributed by atoms with Crippen LogP contribution in [0, 0.1) is 18.3 Å². The Morgan fingerprint density at radius 2 is 1.70 bits per heavy atom. The first-order valence-electron chi connectivity index (χ1n) is 13.9. The van der Waals surface area contributed by atoms with Crippen molar-refractivity contribution >= 4 is 34.6 Å².